The standard InChI is InChI=1S/C28H24ClN5O/c29-21-10-6-18(7-11-21)26-17-27(34(33-26)25-4-2-1-3-5-25)19-8-12-24(13-9-19)32-28(35)20-14-22(30)16-23(31)15-20/h1-16,27H,17,30-31H2,(H,32,35). The Morgan fingerprint density at radius 2 is 1.54 bits per heavy atom. The maximum Gasteiger partial charge on any atom is 0.255 e. The average molecular weight is 482 g/mol. The van der Waals surface area contributed by atoms with Crippen molar-refractivity contribution in [2.24, 2.45) is 5.10 Å². The number of amides is 1. The fraction of sp³-hybridized carbons (Fsp3) is 0.0714. The normalized spacial score (nSPS) is 15.1. The number of halogens is 1. The number of para-hydroxylation sites is 1. The highest BCUT2D eigenvalue weighted by Crippen LogP contribution is 2.37. The lowest BCUT2D eigenvalue weighted by atomic mass is 9.98. The molecule has 1 amide bonds. The second-order valence-electron chi connectivity index (χ2n) is 8.42. The Morgan fingerprint density at radius 1 is 0.886 bits per heavy atom. The lowest BCUT2D eigenvalue weighted by Crippen LogP contribution is -2.18. The summed E-state index contributed by atoms with van der Waals surface area (Å²) in [7, 11) is 0. The second kappa shape index (κ2) is 9.52. The highest BCUT2D eigenvalue weighted by molar-refractivity contribution is 6.30. The van der Waals surface area contributed by atoms with Crippen molar-refractivity contribution in [3.05, 3.63) is 119 Å². The first kappa shape index (κ1) is 22.5. The van der Waals surface area contributed by atoms with E-state index in [9.17, 15) is 4.79 Å². The van der Waals surface area contributed by atoms with Crippen molar-refractivity contribution in [3.63, 3.8) is 0 Å². The minimum atomic E-state index is -0.267. The number of anilines is 4. The van der Waals surface area contributed by atoms with Gasteiger partial charge in [-0.15, -0.1) is 0 Å². The number of hydrogen-bond donors (Lipinski definition) is 3. The quantitative estimate of drug-likeness (QED) is 0.299. The molecule has 5 N–H and O–H groups in total. The van der Waals surface area contributed by atoms with Crippen LogP contribution in [0.15, 0.2) is 102 Å². The van der Waals surface area contributed by atoms with Gasteiger partial charge in [0.05, 0.1) is 17.4 Å². The Labute approximate surface area is 208 Å². The number of carbonyl (C=O) groups is 1. The number of hydrogen-bond acceptors (Lipinski definition) is 5. The van der Waals surface area contributed by atoms with Gasteiger partial charge in [-0.2, -0.15) is 5.10 Å². The summed E-state index contributed by atoms with van der Waals surface area (Å²) in [5.41, 5.74) is 17.8. The number of carbonyl (C=O) groups excluding carboxylic acids is 1. The van der Waals surface area contributed by atoms with Crippen LogP contribution in [-0.2, 0) is 0 Å². The molecule has 1 aliphatic heterocycles. The number of nitrogens with two attached hydrogens (primary N) is 2. The Morgan fingerprint density at radius 3 is 2.20 bits per heavy atom. The van der Waals surface area contributed by atoms with Gasteiger partial charge in [-0.3, -0.25) is 9.80 Å². The summed E-state index contributed by atoms with van der Waals surface area (Å²) in [6, 6.07) is 30.5. The molecule has 4 aromatic carbocycles. The number of nitrogens with zero attached hydrogens (tertiary/aromatic N) is 2. The molecule has 0 bridgehead atoms. The Balaban J connectivity index is 1.39. The molecule has 4 aromatic rings. The van der Waals surface area contributed by atoms with E-state index in [1.807, 2.05) is 83.9 Å². The third kappa shape index (κ3) is 4.98. The van der Waals surface area contributed by atoms with E-state index in [1.165, 1.54) is 0 Å². The van der Waals surface area contributed by atoms with Gasteiger partial charge in [0.25, 0.3) is 5.91 Å². The molecule has 6 nitrogen and oxygen atoms in total. The van der Waals surface area contributed by atoms with Crippen molar-refractivity contribution in [2.45, 2.75) is 12.5 Å². The van der Waals surface area contributed by atoms with Crippen LogP contribution in [0, 0.1) is 0 Å². The number of rotatable bonds is 5. The molecule has 1 unspecified atom stereocenters. The molecule has 0 aromatic heterocycles. The zero-order valence-electron chi connectivity index (χ0n) is 18.9. The number of nitrogen functional groups attached to an aromatic ring is 2. The fourth-order valence-electron chi connectivity index (χ4n) is 4.21. The number of benzene rings is 4. The summed E-state index contributed by atoms with van der Waals surface area (Å²) in [6.07, 6.45) is 0.741. The largest absolute Gasteiger partial charge is 0.399 e. The van der Waals surface area contributed by atoms with Crippen molar-refractivity contribution < 1.29 is 4.79 Å². The molecule has 0 spiro atoms. The molecular weight excluding hydrogens is 458 g/mol. The highest BCUT2D eigenvalue weighted by atomic mass is 35.5. The van der Waals surface area contributed by atoms with Crippen molar-refractivity contribution >= 4 is 46.0 Å². The second-order valence-corrected chi connectivity index (χ2v) is 8.85. The van der Waals surface area contributed by atoms with Crippen LogP contribution in [0.4, 0.5) is 22.7 Å². The van der Waals surface area contributed by atoms with Crippen LogP contribution in [0.2, 0.25) is 5.02 Å². The smallest absolute Gasteiger partial charge is 0.255 e. The Bertz CT molecular complexity index is 1370. The molecule has 0 fully saturated rings. The molecule has 35 heavy (non-hydrogen) atoms. The summed E-state index contributed by atoms with van der Waals surface area (Å²) >= 11 is 6.08. The van der Waals surface area contributed by atoms with Gasteiger partial charge >= 0.3 is 0 Å². The van der Waals surface area contributed by atoms with E-state index < -0.39 is 0 Å². The van der Waals surface area contributed by atoms with Crippen LogP contribution in [0.5, 0.6) is 0 Å². The van der Waals surface area contributed by atoms with Gasteiger partial charge in [0.2, 0.25) is 0 Å². The van der Waals surface area contributed by atoms with E-state index >= 15 is 0 Å². The molecule has 1 aliphatic rings. The van der Waals surface area contributed by atoms with Crippen molar-refractivity contribution in [2.75, 3.05) is 21.8 Å². The zero-order valence-corrected chi connectivity index (χ0v) is 19.6. The van der Waals surface area contributed by atoms with Gasteiger partial charge < -0.3 is 16.8 Å². The van der Waals surface area contributed by atoms with Gasteiger partial charge in [0, 0.05) is 34.1 Å². The van der Waals surface area contributed by atoms with Crippen LogP contribution >= 0.6 is 11.6 Å². The van der Waals surface area contributed by atoms with Gasteiger partial charge in [-0.1, -0.05) is 54.1 Å². The predicted octanol–water partition coefficient (Wildman–Crippen LogP) is 6.11. The third-order valence-corrected chi connectivity index (χ3v) is 6.15. The van der Waals surface area contributed by atoms with Gasteiger partial charge in [0.15, 0.2) is 0 Å². The van der Waals surface area contributed by atoms with E-state index in [4.69, 9.17) is 28.2 Å². The molecule has 174 valence electrons. The average Bonchev–Trinajstić information content (AvgIpc) is 3.30. The zero-order chi connectivity index (χ0) is 24.4. The van der Waals surface area contributed by atoms with E-state index in [0.29, 0.717) is 27.6 Å². The van der Waals surface area contributed by atoms with Gasteiger partial charge in [-0.05, 0) is 65.7 Å². The third-order valence-electron chi connectivity index (χ3n) is 5.90. The van der Waals surface area contributed by atoms with Crippen molar-refractivity contribution in [1.29, 1.82) is 0 Å². The lowest BCUT2D eigenvalue weighted by Gasteiger charge is -2.24. The Kier molecular flexibility index (Phi) is 6.12. The molecule has 5 rings (SSSR count). The first-order valence-corrected chi connectivity index (χ1v) is 11.6. The van der Waals surface area contributed by atoms with Gasteiger partial charge in [-0.25, -0.2) is 0 Å². The van der Waals surface area contributed by atoms with E-state index in [2.05, 4.69) is 5.32 Å². The topological polar surface area (TPSA) is 96.7 Å². The van der Waals surface area contributed by atoms with Crippen molar-refractivity contribution in [1.82, 2.24) is 0 Å². The SMILES string of the molecule is Nc1cc(N)cc(C(=O)Nc2ccc(C3CC(c4ccc(Cl)cc4)=NN3c3ccccc3)cc2)c1. The molecule has 0 aliphatic carbocycles. The van der Waals surface area contributed by atoms with Crippen LogP contribution in [0.3, 0.4) is 0 Å². The molecule has 0 radical (unpaired) electrons. The van der Waals surface area contributed by atoms with E-state index in [1.54, 1.807) is 18.2 Å². The van der Waals surface area contributed by atoms with Crippen LogP contribution in [-0.4, -0.2) is 11.6 Å². The first-order chi connectivity index (χ1) is 17.0. The molecule has 1 heterocycles. The summed E-state index contributed by atoms with van der Waals surface area (Å²) < 4.78 is 0. The highest BCUT2D eigenvalue weighted by Gasteiger charge is 2.29. The Hall–Kier alpha value is -4.29. The minimum Gasteiger partial charge on any atom is -0.399 e. The number of nitrogens with one attached hydrogen (secondary N) is 1. The molecule has 0 saturated carbocycles. The summed E-state index contributed by atoms with van der Waals surface area (Å²) in [4.78, 5) is 12.7. The van der Waals surface area contributed by atoms with E-state index in [-0.39, 0.29) is 11.9 Å². The summed E-state index contributed by atoms with van der Waals surface area (Å²) in [5.74, 6) is -0.267. The maximum absolute atomic E-state index is 12.7. The summed E-state index contributed by atoms with van der Waals surface area (Å²) in [6.45, 7) is 0. The molecule has 1 atom stereocenters. The van der Waals surface area contributed by atoms with E-state index in [0.717, 1.165) is 28.9 Å². The molecule has 0 saturated heterocycles. The van der Waals surface area contributed by atoms with Crippen LogP contribution in [0.1, 0.15) is 33.9 Å². The van der Waals surface area contributed by atoms with Gasteiger partial charge in [0.1, 0.15) is 0 Å². The maximum atomic E-state index is 12.7. The van der Waals surface area contributed by atoms with Crippen LogP contribution in [0.25, 0.3) is 0 Å². The minimum absolute atomic E-state index is 0.0153. The van der Waals surface area contributed by atoms with Crippen molar-refractivity contribution in [3.8, 4) is 0 Å². The first-order valence-electron chi connectivity index (χ1n) is 11.2. The fourth-order valence-corrected chi connectivity index (χ4v) is 4.33. The molecular formula is C28H24ClN5O. The lowest BCUT2D eigenvalue weighted by molar-refractivity contribution is 0.102. The monoisotopic (exact) mass is 481 g/mol. The summed E-state index contributed by atoms with van der Waals surface area (Å²) in [5, 5.41) is 10.6. The predicted molar refractivity (Wildman–Crippen MR) is 144 cm³/mol. The molecule has 7 heteroatoms. The number of hydrazone groups is 1. The van der Waals surface area contributed by atoms with Crippen LogP contribution < -0.4 is 21.8 Å².